The van der Waals surface area contributed by atoms with Crippen LogP contribution in [0, 0.1) is 5.41 Å². The van der Waals surface area contributed by atoms with E-state index in [4.69, 9.17) is 4.74 Å². The first-order valence-electron chi connectivity index (χ1n) is 6.27. The number of rotatable bonds is 6. The lowest BCUT2D eigenvalue weighted by atomic mass is 9.98. The Morgan fingerprint density at radius 1 is 1.24 bits per heavy atom. The molecule has 1 rings (SSSR count). The molecular formula is C15H23BrO. The van der Waals surface area contributed by atoms with Crippen molar-refractivity contribution in [2.45, 2.75) is 40.0 Å². The maximum Gasteiger partial charge on any atom is 0.119 e. The fraction of sp³-hybridized carbons (Fsp3) is 0.600. The van der Waals surface area contributed by atoms with Crippen molar-refractivity contribution in [3.05, 3.63) is 29.8 Å². The maximum absolute atomic E-state index is 5.80. The van der Waals surface area contributed by atoms with Crippen LogP contribution in [-0.2, 0) is 0 Å². The van der Waals surface area contributed by atoms with Crippen LogP contribution in [0.4, 0.5) is 0 Å². The van der Waals surface area contributed by atoms with Gasteiger partial charge in [-0.15, -0.1) is 0 Å². The van der Waals surface area contributed by atoms with Gasteiger partial charge in [0.1, 0.15) is 5.75 Å². The predicted molar refractivity (Wildman–Crippen MR) is 78.2 cm³/mol. The first kappa shape index (κ1) is 14.6. The second kappa shape index (κ2) is 6.44. The van der Waals surface area contributed by atoms with Gasteiger partial charge < -0.3 is 4.74 Å². The second-order valence-corrected chi connectivity index (χ2v) is 6.03. The molecule has 0 aliphatic rings. The second-order valence-electron chi connectivity index (χ2n) is 5.46. The molecule has 1 aromatic carbocycles. The van der Waals surface area contributed by atoms with Gasteiger partial charge >= 0.3 is 0 Å². The largest absolute Gasteiger partial charge is 0.493 e. The maximum atomic E-state index is 5.80. The molecule has 0 aliphatic heterocycles. The Kier molecular flexibility index (Phi) is 5.51. The lowest BCUT2D eigenvalue weighted by molar-refractivity contribution is 0.203. The van der Waals surface area contributed by atoms with E-state index in [1.165, 1.54) is 12.0 Å². The normalized spacial score (nSPS) is 13.5. The number of hydrogen-bond donors (Lipinski definition) is 0. The molecular weight excluding hydrogens is 276 g/mol. The third-order valence-corrected chi connectivity index (χ3v) is 4.57. The minimum absolute atomic E-state index is 0.176. The summed E-state index contributed by atoms with van der Waals surface area (Å²) in [5, 5.41) is 0.949. The Hall–Kier alpha value is -0.500. The zero-order valence-corrected chi connectivity index (χ0v) is 12.9. The van der Waals surface area contributed by atoms with Crippen molar-refractivity contribution >= 4 is 15.9 Å². The topological polar surface area (TPSA) is 9.23 Å². The quantitative estimate of drug-likeness (QED) is 0.672. The molecule has 1 aromatic rings. The predicted octanol–water partition coefficient (Wildman–Crippen LogP) is 5.00. The first-order valence-corrected chi connectivity index (χ1v) is 7.39. The average Bonchev–Trinajstić information content (AvgIpc) is 2.36. The minimum atomic E-state index is 0.176. The number of hydrogen-bond acceptors (Lipinski definition) is 1. The summed E-state index contributed by atoms with van der Waals surface area (Å²) in [6.45, 7) is 9.59. The van der Waals surface area contributed by atoms with Crippen molar-refractivity contribution in [2.24, 2.45) is 5.41 Å². The monoisotopic (exact) mass is 298 g/mol. The van der Waals surface area contributed by atoms with E-state index >= 15 is 0 Å². The SMILES string of the molecule is CCC(C)c1ccc(OCC(C)(C)CBr)cc1. The number of ether oxygens (including phenoxy) is 1. The molecule has 0 aromatic heterocycles. The molecule has 0 spiro atoms. The molecule has 0 saturated heterocycles. The van der Waals surface area contributed by atoms with E-state index < -0.39 is 0 Å². The molecule has 0 bridgehead atoms. The van der Waals surface area contributed by atoms with Crippen molar-refractivity contribution in [1.29, 1.82) is 0 Å². The van der Waals surface area contributed by atoms with Gasteiger partial charge in [0.15, 0.2) is 0 Å². The lowest BCUT2D eigenvalue weighted by Gasteiger charge is -2.22. The van der Waals surface area contributed by atoms with Gasteiger partial charge in [0, 0.05) is 10.7 Å². The van der Waals surface area contributed by atoms with Gasteiger partial charge in [-0.2, -0.15) is 0 Å². The van der Waals surface area contributed by atoms with Crippen LogP contribution in [0.5, 0.6) is 5.75 Å². The van der Waals surface area contributed by atoms with E-state index in [0.717, 1.165) is 17.7 Å². The number of halogens is 1. The van der Waals surface area contributed by atoms with E-state index in [2.05, 4.69) is 67.9 Å². The Morgan fingerprint density at radius 3 is 2.29 bits per heavy atom. The summed E-state index contributed by atoms with van der Waals surface area (Å²) in [5.74, 6) is 1.59. The van der Waals surface area contributed by atoms with Crippen LogP contribution in [0.25, 0.3) is 0 Å². The Balaban J connectivity index is 2.57. The van der Waals surface area contributed by atoms with E-state index in [1.54, 1.807) is 0 Å². The van der Waals surface area contributed by atoms with Crippen molar-refractivity contribution in [3.63, 3.8) is 0 Å². The minimum Gasteiger partial charge on any atom is -0.493 e. The van der Waals surface area contributed by atoms with Gasteiger partial charge in [0.25, 0.3) is 0 Å². The summed E-state index contributed by atoms with van der Waals surface area (Å²) in [7, 11) is 0. The molecule has 0 N–H and O–H groups in total. The summed E-state index contributed by atoms with van der Waals surface area (Å²) in [4.78, 5) is 0. The fourth-order valence-corrected chi connectivity index (χ4v) is 1.61. The summed E-state index contributed by atoms with van der Waals surface area (Å²) in [6.07, 6.45) is 1.18. The molecule has 0 radical (unpaired) electrons. The third kappa shape index (κ3) is 4.71. The number of benzene rings is 1. The van der Waals surface area contributed by atoms with E-state index in [1.807, 2.05) is 0 Å². The molecule has 2 heteroatoms. The highest BCUT2D eigenvalue weighted by Crippen LogP contribution is 2.24. The van der Waals surface area contributed by atoms with Crippen LogP contribution < -0.4 is 4.74 Å². The lowest BCUT2D eigenvalue weighted by Crippen LogP contribution is -2.22. The van der Waals surface area contributed by atoms with Crippen molar-refractivity contribution in [1.82, 2.24) is 0 Å². The summed E-state index contributed by atoms with van der Waals surface area (Å²) < 4.78 is 5.80. The molecule has 0 saturated carbocycles. The van der Waals surface area contributed by atoms with Crippen LogP contribution >= 0.6 is 15.9 Å². The van der Waals surface area contributed by atoms with E-state index in [9.17, 15) is 0 Å². The molecule has 17 heavy (non-hydrogen) atoms. The molecule has 1 nitrogen and oxygen atoms in total. The summed E-state index contributed by atoms with van der Waals surface area (Å²) in [6, 6.07) is 8.49. The van der Waals surface area contributed by atoms with Crippen LogP contribution in [0.15, 0.2) is 24.3 Å². The average molecular weight is 299 g/mol. The van der Waals surface area contributed by atoms with Crippen molar-refractivity contribution in [2.75, 3.05) is 11.9 Å². The molecule has 0 amide bonds. The van der Waals surface area contributed by atoms with E-state index in [-0.39, 0.29) is 5.41 Å². The molecule has 96 valence electrons. The fourth-order valence-electron chi connectivity index (χ4n) is 1.45. The summed E-state index contributed by atoms with van der Waals surface area (Å²) >= 11 is 3.50. The zero-order chi connectivity index (χ0) is 12.9. The number of alkyl halides is 1. The van der Waals surface area contributed by atoms with Gasteiger partial charge in [-0.1, -0.05) is 55.8 Å². The highest BCUT2D eigenvalue weighted by molar-refractivity contribution is 9.09. The van der Waals surface area contributed by atoms with Gasteiger partial charge in [0.2, 0.25) is 0 Å². The van der Waals surface area contributed by atoms with E-state index in [0.29, 0.717) is 5.92 Å². The van der Waals surface area contributed by atoms with Crippen LogP contribution in [0.3, 0.4) is 0 Å². The highest BCUT2D eigenvalue weighted by atomic mass is 79.9. The Labute approximate surface area is 114 Å². The molecule has 0 aliphatic carbocycles. The smallest absolute Gasteiger partial charge is 0.119 e. The van der Waals surface area contributed by atoms with Crippen molar-refractivity contribution < 1.29 is 4.74 Å². The Bertz CT molecular complexity index is 329. The summed E-state index contributed by atoms with van der Waals surface area (Å²) in [5.41, 5.74) is 1.56. The van der Waals surface area contributed by atoms with Crippen LogP contribution in [0.2, 0.25) is 0 Å². The zero-order valence-electron chi connectivity index (χ0n) is 11.3. The van der Waals surface area contributed by atoms with Crippen molar-refractivity contribution in [3.8, 4) is 5.75 Å². The molecule has 0 heterocycles. The first-order chi connectivity index (χ1) is 7.98. The standard InChI is InChI=1S/C15H23BrO/c1-5-12(2)13-6-8-14(9-7-13)17-11-15(3,4)10-16/h6-9,12H,5,10-11H2,1-4H3. The van der Waals surface area contributed by atoms with Gasteiger partial charge in [-0.25, -0.2) is 0 Å². The third-order valence-electron chi connectivity index (χ3n) is 3.05. The van der Waals surface area contributed by atoms with Crippen LogP contribution in [-0.4, -0.2) is 11.9 Å². The molecule has 0 fully saturated rings. The molecule has 1 atom stereocenters. The van der Waals surface area contributed by atoms with Crippen LogP contribution in [0.1, 0.15) is 45.6 Å². The van der Waals surface area contributed by atoms with Gasteiger partial charge in [0.05, 0.1) is 6.61 Å². The molecule has 1 unspecified atom stereocenters. The van der Waals surface area contributed by atoms with Gasteiger partial charge in [-0.3, -0.25) is 0 Å². The Morgan fingerprint density at radius 2 is 1.82 bits per heavy atom. The van der Waals surface area contributed by atoms with Gasteiger partial charge in [-0.05, 0) is 30.0 Å². The highest BCUT2D eigenvalue weighted by Gasteiger charge is 2.16.